The van der Waals surface area contributed by atoms with Gasteiger partial charge < -0.3 is 15.8 Å². The molecule has 0 aromatic heterocycles. The van der Waals surface area contributed by atoms with Gasteiger partial charge in [-0.05, 0) is 30.0 Å². The zero-order valence-electron chi connectivity index (χ0n) is 13.6. The van der Waals surface area contributed by atoms with E-state index in [1.54, 1.807) is 12.1 Å². The predicted octanol–water partition coefficient (Wildman–Crippen LogP) is 3.27. The minimum atomic E-state index is -4.71. The van der Waals surface area contributed by atoms with E-state index in [2.05, 4.69) is 15.0 Å². The molecule has 0 aliphatic carbocycles. The third kappa shape index (κ3) is 7.15. The van der Waals surface area contributed by atoms with E-state index in [-0.39, 0.29) is 18.3 Å². The van der Waals surface area contributed by atoms with Crippen LogP contribution in [0.25, 0.3) is 0 Å². The molecule has 2 rings (SSSR count). The van der Waals surface area contributed by atoms with Gasteiger partial charge in [0, 0.05) is 13.1 Å². The molecule has 0 radical (unpaired) electrons. The van der Waals surface area contributed by atoms with Gasteiger partial charge in [0.15, 0.2) is 5.96 Å². The number of aliphatic imine (C=N–C) groups is 1. The summed E-state index contributed by atoms with van der Waals surface area (Å²) in [7, 11) is 0. The summed E-state index contributed by atoms with van der Waals surface area (Å²) in [6, 6.07) is 15.9. The van der Waals surface area contributed by atoms with E-state index < -0.39 is 6.36 Å². The Morgan fingerprint density at radius 1 is 1.00 bits per heavy atom. The molecule has 7 heteroatoms. The normalized spacial score (nSPS) is 12.0. The standard InChI is InChI=1S/C18H20F3N3O/c19-18(20,21)25-16-9-5-4-8-15(16)11-13-24-17(22)23-12-10-14-6-2-1-3-7-14/h1-9H,10-13H2,(H3,22,23,24). The van der Waals surface area contributed by atoms with E-state index in [0.717, 1.165) is 6.42 Å². The van der Waals surface area contributed by atoms with Crippen molar-refractivity contribution < 1.29 is 17.9 Å². The molecule has 0 bridgehead atoms. The van der Waals surface area contributed by atoms with Crippen LogP contribution in [0.1, 0.15) is 11.1 Å². The summed E-state index contributed by atoms with van der Waals surface area (Å²) in [6.07, 6.45) is -3.61. The number of nitrogens with two attached hydrogens (primary N) is 1. The van der Waals surface area contributed by atoms with Crippen LogP contribution in [-0.4, -0.2) is 25.4 Å². The highest BCUT2D eigenvalue weighted by Crippen LogP contribution is 2.26. The molecule has 0 amide bonds. The Morgan fingerprint density at radius 3 is 2.40 bits per heavy atom. The number of guanidine groups is 1. The number of halogens is 3. The first-order valence-electron chi connectivity index (χ1n) is 7.85. The highest BCUT2D eigenvalue weighted by Gasteiger charge is 2.31. The van der Waals surface area contributed by atoms with Gasteiger partial charge in [-0.3, -0.25) is 4.99 Å². The minimum absolute atomic E-state index is 0.208. The first kappa shape index (κ1) is 18.6. The summed E-state index contributed by atoms with van der Waals surface area (Å²) in [4.78, 5) is 4.13. The molecule has 2 aromatic carbocycles. The topological polar surface area (TPSA) is 59.6 Å². The maximum atomic E-state index is 12.4. The van der Waals surface area contributed by atoms with Crippen molar-refractivity contribution in [1.29, 1.82) is 0 Å². The molecule has 2 aromatic rings. The molecule has 25 heavy (non-hydrogen) atoms. The maximum absolute atomic E-state index is 12.4. The molecule has 0 aliphatic heterocycles. The van der Waals surface area contributed by atoms with Gasteiger partial charge in [-0.25, -0.2) is 0 Å². The summed E-state index contributed by atoms with van der Waals surface area (Å²) < 4.78 is 41.1. The zero-order valence-corrected chi connectivity index (χ0v) is 13.6. The lowest BCUT2D eigenvalue weighted by Gasteiger charge is -2.12. The average Bonchev–Trinajstić information content (AvgIpc) is 2.56. The van der Waals surface area contributed by atoms with Crippen molar-refractivity contribution in [2.75, 3.05) is 13.1 Å². The van der Waals surface area contributed by atoms with Crippen LogP contribution in [0, 0.1) is 0 Å². The second-order valence-corrected chi connectivity index (χ2v) is 5.33. The van der Waals surface area contributed by atoms with E-state index in [0.29, 0.717) is 18.5 Å². The molecule has 134 valence electrons. The first-order chi connectivity index (χ1) is 11.9. The van der Waals surface area contributed by atoms with Crippen molar-refractivity contribution in [2.45, 2.75) is 19.2 Å². The number of rotatable bonds is 7. The molecular weight excluding hydrogens is 331 g/mol. The van der Waals surface area contributed by atoms with Crippen LogP contribution in [0.3, 0.4) is 0 Å². The molecule has 0 heterocycles. The quantitative estimate of drug-likeness (QED) is 0.595. The fourth-order valence-corrected chi connectivity index (χ4v) is 2.27. The summed E-state index contributed by atoms with van der Waals surface area (Å²) in [6.45, 7) is 0.898. The fraction of sp³-hybridized carbons (Fsp3) is 0.278. The lowest BCUT2D eigenvalue weighted by atomic mass is 10.1. The van der Waals surface area contributed by atoms with E-state index in [1.165, 1.54) is 17.7 Å². The highest BCUT2D eigenvalue weighted by molar-refractivity contribution is 5.77. The van der Waals surface area contributed by atoms with Crippen molar-refractivity contribution >= 4 is 5.96 Å². The van der Waals surface area contributed by atoms with Gasteiger partial charge in [-0.2, -0.15) is 0 Å². The Hall–Kier alpha value is -2.70. The molecule has 0 saturated heterocycles. The first-order valence-corrected chi connectivity index (χ1v) is 7.85. The number of alkyl halides is 3. The van der Waals surface area contributed by atoms with Crippen LogP contribution in [0.2, 0.25) is 0 Å². The number of nitrogens with one attached hydrogen (secondary N) is 1. The molecule has 0 spiro atoms. The Morgan fingerprint density at radius 2 is 1.68 bits per heavy atom. The second-order valence-electron chi connectivity index (χ2n) is 5.33. The van der Waals surface area contributed by atoms with Gasteiger partial charge in [-0.1, -0.05) is 48.5 Å². The summed E-state index contributed by atoms with van der Waals surface area (Å²) >= 11 is 0. The summed E-state index contributed by atoms with van der Waals surface area (Å²) in [5, 5.41) is 2.99. The molecule has 0 saturated carbocycles. The molecular formula is C18H20F3N3O. The third-order valence-electron chi connectivity index (χ3n) is 3.42. The van der Waals surface area contributed by atoms with E-state index in [1.807, 2.05) is 30.3 Å². The molecule has 0 fully saturated rings. The van der Waals surface area contributed by atoms with E-state index >= 15 is 0 Å². The highest BCUT2D eigenvalue weighted by atomic mass is 19.4. The van der Waals surface area contributed by atoms with Crippen LogP contribution in [-0.2, 0) is 12.8 Å². The SMILES string of the molecule is NC(=NCCc1ccccc1OC(F)(F)F)NCCc1ccccc1. The third-order valence-corrected chi connectivity index (χ3v) is 3.42. The Balaban J connectivity index is 1.80. The van der Waals surface area contributed by atoms with Crippen molar-refractivity contribution in [2.24, 2.45) is 10.7 Å². The Kier molecular flexibility index (Phi) is 6.68. The smallest absolute Gasteiger partial charge is 0.406 e. The largest absolute Gasteiger partial charge is 0.573 e. The molecule has 0 unspecified atom stereocenters. The average molecular weight is 351 g/mol. The number of benzene rings is 2. The van der Waals surface area contributed by atoms with Crippen molar-refractivity contribution in [3.05, 3.63) is 65.7 Å². The lowest BCUT2D eigenvalue weighted by molar-refractivity contribution is -0.274. The number of para-hydroxylation sites is 1. The van der Waals surface area contributed by atoms with Crippen LogP contribution >= 0.6 is 0 Å². The second kappa shape index (κ2) is 8.96. The molecule has 0 aliphatic rings. The number of nitrogens with zero attached hydrogens (tertiary/aromatic N) is 1. The number of hydrogen-bond acceptors (Lipinski definition) is 2. The summed E-state index contributed by atoms with van der Waals surface area (Å²) in [5.74, 6) is 0.0611. The lowest BCUT2D eigenvalue weighted by Crippen LogP contribution is -2.33. The summed E-state index contributed by atoms with van der Waals surface area (Å²) in [5.41, 5.74) is 7.38. The van der Waals surface area contributed by atoms with E-state index in [4.69, 9.17) is 5.73 Å². The van der Waals surface area contributed by atoms with Gasteiger partial charge in [0.05, 0.1) is 0 Å². The van der Waals surface area contributed by atoms with Crippen LogP contribution < -0.4 is 15.8 Å². The number of ether oxygens (including phenoxy) is 1. The monoisotopic (exact) mass is 351 g/mol. The Bertz CT molecular complexity index is 687. The zero-order chi connectivity index (χ0) is 18.1. The van der Waals surface area contributed by atoms with E-state index in [9.17, 15) is 13.2 Å². The number of hydrogen-bond donors (Lipinski definition) is 2. The molecule has 3 N–H and O–H groups in total. The predicted molar refractivity (Wildman–Crippen MR) is 91.5 cm³/mol. The Labute approximate surface area is 144 Å². The molecule has 0 atom stereocenters. The van der Waals surface area contributed by atoms with Crippen LogP contribution in [0.4, 0.5) is 13.2 Å². The van der Waals surface area contributed by atoms with Gasteiger partial charge >= 0.3 is 6.36 Å². The minimum Gasteiger partial charge on any atom is -0.406 e. The van der Waals surface area contributed by atoms with Crippen molar-refractivity contribution in [3.63, 3.8) is 0 Å². The van der Waals surface area contributed by atoms with Gasteiger partial charge in [0.25, 0.3) is 0 Å². The van der Waals surface area contributed by atoms with Crippen molar-refractivity contribution in [3.8, 4) is 5.75 Å². The fourth-order valence-electron chi connectivity index (χ4n) is 2.27. The van der Waals surface area contributed by atoms with Gasteiger partial charge in [0.1, 0.15) is 5.75 Å². The van der Waals surface area contributed by atoms with Crippen LogP contribution in [0.15, 0.2) is 59.6 Å². The maximum Gasteiger partial charge on any atom is 0.573 e. The molecule has 4 nitrogen and oxygen atoms in total. The van der Waals surface area contributed by atoms with Crippen LogP contribution in [0.5, 0.6) is 5.75 Å². The van der Waals surface area contributed by atoms with Gasteiger partial charge in [0.2, 0.25) is 0 Å². The van der Waals surface area contributed by atoms with Crippen molar-refractivity contribution in [1.82, 2.24) is 5.32 Å². The van der Waals surface area contributed by atoms with Gasteiger partial charge in [-0.15, -0.1) is 13.2 Å².